The average molecular weight is 467 g/mol. The van der Waals surface area contributed by atoms with Crippen molar-refractivity contribution < 1.29 is 18.0 Å². The monoisotopic (exact) mass is 466 g/mol. The number of carbonyl (C=O) groups is 2. The highest BCUT2D eigenvalue weighted by Crippen LogP contribution is 2.20. The minimum atomic E-state index is -3.54. The van der Waals surface area contributed by atoms with E-state index in [2.05, 4.69) is 21.2 Å². The number of carbonyl (C=O) groups excluding carboxylic acids is 2. The summed E-state index contributed by atoms with van der Waals surface area (Å²) in [5.74, 6) is -1.05. The van der Waals surface area contributed by atoms with Gasteiger partial charge in [0.05, 0.1) is 17.2 Å². The van der Waals surface area contributed by atoms with Gasteiger partial charge < -0.3 is 10.2 Å². The van der Waals surface area contributed by atoms with Gasteiger partial charge in [-0.25, -0.2) is 8.42 Å². The SMILES string of the molecule is Cc1ccc(S(=O)(=O)CCC(=O)N(C)CC(=O)Nc2ccc(Br)cc2C)cc1. The minimum Gasteiger partial charge on any atom is -0.336 e. The average Bonchev–Trinajstić information content (AvgIpc) is 2.62. The molecule has 8 heteroatoms. The standard InChI is InChI=1S/C20H23BrN2O4S/c1-14-4-7-17(8-5-14)28(26,27)11-10-20(25)23(3)13-19(24)22-18-9-6-16(21)12-15(18)2/h4-9,12H,10-11,13H2,1-3H3,(H,22,24). The first kappa shape index (κ1) is 22.1. The second-order valence-electron chi connectivity index (χ2n) is 6.64. The molecule has 2 rings (SSSR count). The van der Waals surface area contributed by atoms with Gasteiger partial charge in [0.2, 0.25) is 11.8 Å². The van der Waals surface area contributed by atoms with Crippen LogP contribution in [0.3, 0.4) is 0 Å². The highest BCUT2D eigenvalue weighted by Gasteiger charge is 2.19. The number of halogens is 1. The number of likely N-dealkylation sites (N-methyl/N-ethyl adjacent to an activating group) is 1. The molecule has 0 fully saturated rings. The second kappa shape index (κ2) is 9.34. The summed E-state index contributed by atoms with van der Waals surface area (Å²) < 4.78 is 25.6. The molecule has 0 atom stereocenters. The van der Waals surface area contributed by atoms with E-state index in [0.717, 1.165) is 15.6 Å². The van der Waals surface area contributed by atoms with E-state index in [0.29, 0.717) is 5.69 Å². The molecular weight excluding hydrogens is 444 g/mol. The van der Waals surface area contributed by atoms with Crippen LogP contribution in [0.5, 0.6) is 0 Å². The molecule has 0 radical (unpaired) electrons. The predicted molar refractivity (Wildman–Crippen MR) is 113 cm³/mol. The van der Waals surface area contributed by atoms with E-state index >= 15 is 0 Å². The summed E-state index contributed by atoms with van der Waals surface area (Å²) in [6, 6.07) is 12.0. The van der Waals surface area contributed by atoms with Gasteiger partial charge in [-0.2, -0.15) is 0 Å². The summed E-state index contributed by atoms with van der Waals surface area (Å²) in [5, 5.41) is 2.75. The van der Waals surface area contributed by atoms with Crippen LogP contribution in [0, 0.1) is 13.8 Å². The Morgan fingerprint density at radius 2 is 1.71 bits per heavy atom. The number of aryl methyl sites for hydroxylation is 2. The molecule has 0 bridgehead atoms. The maximum Gasteiger partial charge on any atom is 0.243 e. The van der Waals surface area contributed by atoms with E-state index in [4.69, 9.17) is 0 Å². The van der Waals surface area contributed by atoms with Crippen LogP contribution in [0.2, 0.25) is 0 Å². The number of hydrogen-bond donors (Lipinski definition) is 1. The Bertz CT molecular complexity index is 972. The topological polar surface area (TPSA) is 83.6 Å². The van der Waals surface area contributed by atoms with E-state index in [1.54, 1.807) is 18.2 Å². The molecule has 2 aromatic rings. The van der Waals surface area contributed by atoms with Gasteiger partial charge in [-0.15, -0.1) is 0 Å². The van der Waals surface area contributed by atoms with E-state index in [9.17, 15) is 18.0 Å². The maximum atomic E-state index is 12.3. The molecule has 0 spiro atoms. The summed E-state index contributed by atoms with van der Waals surface area (Å²) in [5.41, 5.74) is 2.51. The third kappa shape index (κ3) is 6.17. The third-order valence-corrected chi connectivity index (χ3v) is 6.46. The van der Waals surface area contributed by atoms with Crippen molar-refractivity contribution >= 4 is 43.3 Å². The second-order valence-corrected chi connectivity index (χ2v) is 9.66. The Balaban J connectivity index is 1.89. The fourth-order valence-electron chi connectivity index (χ4n) is 2.54. The summed E-state index contributed by atoms with van der Waals surface area (Å²) >= 11 is 3.36. The lowest BCUT2D eigenvalue weighted by molar-refractivity contribution is -0.132. The molecule has 2 aromatic carbocycles. The Labute approximate surface area is 174 Å². The van der Waals surface area contributed by atoms with Gasteiger partial charge in [0.1, 0.15) is 0 Å². The van der Waals surface area contributed by atoms with Crippen LogP contribution in [0.1, 0.15) is 17.5 Å². The summed E-state index contributed by atoms with van der Waals surface area (Å²) in [6.45, 7) is 3.58. The number of nitrogens with one attached hydrogen (secondary N) is 1. The van der Waals surface area contributed by atoms with E-state index in [1.807, 2.05) is 26.0 Å². The van der Waals surface area contributed by atoms with Gasteiger partial charge in [-0.05, 0) is 49.7 Å². The molecule has 0 saturated heterocycles. The molecule has 150 valence electrons. The lowest BCUT2D eigenvalue weighted by Gasteiger charge is -2.17. The van der Waals surface area contributed by atoms with Crippen molar-refractivity contribution in [2.24, 2.45) is 0 Å². The smallest absolute Gasteiger partial charge is 0.243 e. The van der Waals surface area contributed by atoms with Crippen LogP contribution in [0.4, 0.5) is 5.69 Å². The molecule has 0 saturated carbocycles. The van der Waals surface area contributed by atoms with E-state index in [-0.39, 0.29) is 29.5 Å². The number of nitrogens with zero attached hydrogens (tertiary/aromatic N) is 1. The molecular formula is C20H23BrN2O4S. The van der Waals surface area contributed by atoms with Crippen molar-refractivity contribution in [3.8, 4) is 0 Å². The van der Waals surface area contributed by atoms with Gasteiger partial charge in [0.15, 0.2) is 9.84 Å². The predicted octanol–water partition coefficient (Wildman–Crippen LogP) is 3.33. The van der Waals surface area contributed by atoms with Crippen LogP contribution in [-0.2, 0) is 19.4 Å². The fourth-order valence-corrected chi connectivity index (χ4v) is 4.24. The first-order valence-electron chi connectivity index (χ1n) is 8.68. The molecule has 6 nitrogen and oxygen atoms in total. The lowest BCUT2D eigenvalue weighted by atomic mass is 10.2. The van der Waals surface area contributed by atoms with Gasteiger partial charge in [-0.1, -0.05) is 33.6 Å². The van der Waals surface area contributed by atoms with Crippen molar-refractivity contribution in [1.82, 2.24) is 4.90 Å². The normalized spacial score (nSPS) is 11.1. The van der Waals surface area contributed by atoms with Crippen LogP contribution in [0.15, 0.2) is 51.8 Å². The van der Waals surface area contributed by atoms with Crippen LogP contribution < -0.4 is 5.32 Å². The molecule has 0 unspecified atom stereocenters. The van der Waals surface area contributed by atoms with Gasteiger partial charge >= 0.3 is 0 Å². The zero-order chi connectivity index (χ0) is 20.9. The number of amides is 2. The van der Waals surface area contributed by atoms with Crippen molar-refractivity contribution in [2.75, 3.05) is 24.7 Å². The van der Waals surface area contributed by atoms with Gasteiger partial charge in [-0.3, -0.25) is 9.59 Å². The van der Waals surface area contributed by atoms with Crippen molar-refractivity contribution in [2.45, 2.75) is 25.2 Å². The van der Waals surface area contributed by atoms with Gasteiger partial charge in [0, 0.05) is 23.6 Å². The zero-order valence-corrected chi connectivity index (χ0v) is 18.4. The fraction of sp³-hybridized carbons (Fsp3) is 0.300. The molecule has 0 aliphatic heterocycles. The molecule has 28 heavy (non-hydrogen) atoms. The Morgan fingerprint density at radius 1 is 1.07 bits per heavy atom. The van der Waals surface area contributed by atoms with E-state index in [1.165, 1.54) is 24.1 Å². The number of benzene rings is 2. The molecule has 0 aromatic heterocycles. The molecule has 0 heterocycles. The minimum absolute atomic E-state index is 0.154. The Kier molecular flexibility index (Phi) is 7.37. The van der Waals surface area contributed by atoms with Gasteiger partial charge in [0.25, 0.3) is 0 Å². The number of anilines is 1. The Morgan fingerprint density at radius 3 is 2.32 bits per heavy atom. The largest absolute Gasteiger partial charge is 0.336 e. The summed E-state index contributed by atoms with van der Waals surface area (Å²) in [7, 11) is -2.06. The number of sulfone groups is 1. The summed E-state index contributed by atoms with van der Waals surface area (Å²) in [4.78, 5) is 25.9. The van der Waals surface area contributed by atoms with Crippen LogP contribution in [-0.4, -0.2) is 44.5 Å². The van der Waals surface area contributed by atoms with Crippen LogP contribution >= 0.6 is 15.9 Å². The van der Waals surface area contributed by atoms with Crippen molar-refractivity contribution in [3.63, 3.8) is 0 Å². The zero-order valence-electron chi connectivity index (χ0n) is 16.0. The third-order valence-electron chi connectivity index (χ3n) is 4.23. The highest BCUT2D eigenvalue weighted by molar-refractivity contribution is 9.10. The van der Waals surface area contributed by atoms with Crippen LogP contribution in [0.25, 0.3) is 0 Å². The summed E-state index contributed by atoms with van der Waals surface area (Å²) in [6.07, 6.45) is -0.183. The number of hydrogen-bond acceptors (Lipinski definition) is 4. The molecule has 2 amide bonds. The van der Waals surface area contributed by atoms with Crippen molar-refractivity contribution in [1.29, 1.82) is 0 Å². The lowest BCUT2D eigenvalue weighted by Crippen LogP contribution is -2.35. The maximum absolute atomic E-state index is 12.3. The van der Waals surface area contributed by atoms with E-state index < -0.39 is 15.7 Å². The first-order valence-corrected chi connectivity index (χ1v) is 11.1. The molecule has 0 aliphatic carbocycles. The van der Waals surface area contributed by atoms with Crippen molar-refractivity contribution in [3.05, 3.63) is 58.1 Å². The molecule has 1 N–H and O–H groups in total. The quantitative estimate of drug-likeness (QED) is 0.677. The first-order chi connectivity index (χ1) is 13.1. The number of rotatable bonds is 7. The highest BCUT2D eigenvalue weighted by atomic mass is 79.9. The Hall–Kier alpha value is -2.19. The molecule has 0 aliphatic rings.